The maximum atomic E-state index is 6.76. The number of fused-ring (bicyclic) bond motifs is 10. The summed E-state index contributed by atoms with van der Waals surface area (Å²) < 4.78 is 9.12. The Balaban J connectivity index is 1.28. The highest BCUT2D eigenvalue weighted by Crippen LogP contribution is 2.45. The molecule has 0 saturated heterocycles. The quantitative estimate of drug-likeness (QED) is 0.198. The normalized spacial score (nSPS) is 11.8. The van der Waals surface area contributed by atoms with Gasteiger partial charge in [0.2, 0.25) is 0 Å². The monoisotopic (exact) mass is 613 g/mol. The molecule has 0 radical (unpaired) electrons. The average Bonchev–Trinajstić information content (AvgIpc) is 3.73. The van der Waals surface area contributed by atoms with Crippen LogP contribution in [0.1, 0.15) is 0 Å². The van der Waals surface area contributed by atoms with Gasteiger partial charge >= 0.3 is 0 Å². The van der Waals surface area contributed by atoms with Crippen molar-refractivity contribution >= 4 is 54.5 Å². The topological polar surface area (TPSA) is 43.9 Å². The van der Waals surface area contributed by atoms with Crippen LogP contribution in [0.25, 0.3) is 94.1 Å². The number of aromatic nitrogens is 3. The second-order valence-corrected chi connectivity index (χ2v) is 12.2. The molecular formula is C44H27N3O. The van der Waals surface area contributed by atoms with E-state index >= 15 is 0 Å². The minimum Gasteiger partial charge on any atom is -0.454 e. The molecule has 0 spiro atoms. The molecule has 0 aliphatic rings. The van der Waals surface area contributed by atoms with Gasteiger partial charge in [-0.3, -0.25) is 0 Å². The van der Waals surface area contributed by atoms with Gasteiger partial charge < -0.3 is 8.98 Å². The molecule has 0 atom stereocenters. The van der Waals surface area contributed by atoms with E-state index in [2.05, 4.69) is 126 Å². The Morgan fingerprint density at radius 1 is 0.438 bits per heavy atom. The fourth-order valence-electron chi connectivity index (χ4n) is 7.27. The molecule has 0 amide bonds. The predicted molar refractivity (Wildman–Crippen MR) is 197 cm³/mol. The SMILES string of the molecule is c1ccc(-c2cc(-c3ccccc3)nc(-c3cccc(-n4c5ccccc5c5c6ccccc6c6c7ccccc7oc6c54)c3)n2)cc1. The third-order valence-corrected chi connectivity index (χ3v) is 9.38. The molecule has 10 rings (SSSR count). The summed E-state index contributed by atoms with van der Waals surface area (Å²) in [6, 6.07) is 57.0. The van der Waals surface area contributed by atoms with Crippen molar-refractivity contribution in [1.29, 1.82) is 0 Å². The van der Waals surface area contributed by atoms with Crippen molar-refractivity contribution in [2.45, 2.75) is 0 Å². The summed E-state index contributed by atoms with van der Waals surface area (Å²) in [5.41, 5.74) is 9.78. The summed E-state index contributed by atoms with van der Waals surface area (Å²) in [5.74, 6) is 0.678. The summed E-state index contributed by atoms with van der Waals surface area (Å²) in [6.45, 7) is 0. The zero-order valence-electron chi connectivity index (χ0n) is 25.8. The van der Waals surface area contributed by atoms with Crippen molar-refractivity contribution in [2.75, 3.05) is 0 Å². The van der Waals surface area contributed by atoms with E-state index in [-0.39, 0.29) is 0 Å². The number of hydrogen-bond acceptors (Lipinski definition) is 3. The molecule has 3 heterocycles. The molecule has 0 unspecified atom stereocenters. The van der Waals surface area contributed by atoms with Crippen LogP contribution < -0.4 is 0 Å². The van der Waals surface area contributed by atoms with Crippen LogP contribution in [0.15, 0.2) is 168 Å². The maximum Gasteiger partial charge on any atom is 0.160 e. The van der Waals surface area contributed by atoms with Crippen molar-refractivity contribution in [1.82, 2.24) is 14.5 Å². The zero-order chi connectivity index (χ0) is 31.6. The lowest BCUT2D eigenvalue weighted by molar-refractivity contribution is 0.671. The minimum atomic E-state index is 0.678. The summed E-state index contributed by atoms with van der Waals surface area (Å²) in [5, 5.41) is 7.04. The van der Waals surface area contributed by atoms with Gasteiger partial charge in [-0.1, -0.05) is 133 Å². The molecule has 4 heteroatoms. The van der Waals surface area contributed by atoms with Crippen molar-refractivity contribution < 1.29 is 4.42 Å². The molecule has 7 aromatic carbocycles. The Kier molecular flexibility index (Phi) is 5.84. The predicted octanol–water partition coefficient (Wildman–Crippen LogP) is 11.6. The number of furan rings is 1. The second-order valence-electron chi connectivity index (χ2n) is 12.2. The molecule has 224 valence electrons. The van der Waals surface area contributed by atoms with Gasteiger partial charge in [0, 0.05) is 43.9 Å². The van der Waals surface area contributed by atoms with Crippen molar-refractivity contribution in [3.8, 4) is 39.6 Å². The van der Waals surface area contributed by atoms with Crippen LogP contribution in [0.4, 0.5) is 0 Å². The van der Waals surface area contributed by atoms with E-state index in [4.69, 9.17) is 14.4 Å². The summed E-state index contributed by atoms with van der Waals surface area (Å²) in [4.78, 5) is 10.3. The van der Waals surface area contributed by atoms with Crippen LogP contribution in [0, 0.1) is 0 Å². The highest BCUT2D eigenvalue weighted by molar-refractivity contribution is 6.35. The van der Waals surface area contributed by atoms with Gasteiger partial charge in [-0.15, -0.1) is 0 Å². The van der Waals surface area contributed by atoms with E-state index in [1.807, 2.05) is 42.5 Å². The highest BCUT2D eigenvalue weighted by Gasteiger charge is 2.23. The molecule has 48 heavy (non-hydrogen) atoms. The van der Waals surface area contributed by atoms with Gasteiger partial charge in [-0.25, -0.2) is 9.97 Å². The first kappa shape index (κ1) is 26.7. The van der Waals surface area contributed by atoms with E-state index in [0.717, 1.165) is 66.7 Å². The number of benzene rings is 7. The van der Waals surface area contributed by atoms with Crippen molar-refractivity contribution in [3.05, 3.63) is 164 Å². The van der Waals surface area contributed by atoms with Crippen LogP contribution in [0.2, 0.25) is 0 Å². The molecule has 0 aliphatic heterocycles. The molecule has 4 nitrogen and oxygen atoms in total. The third kappa shape index (κ3) is 4.03. The molecule has 0 bridgehead atoms. The first-order valence-corrected chi connectivity index (χ1v) is 16.2. The Morgan fingerprint density at radius 2 is 1.00 bits per heavy atom. The second kappa shape index (κ2) is 10.5. The van der Waals surface area contributed by atoms with Gasteiger partial charge in [-0.05, 0) is 41.1 Å². The lowest BCUT2D eigenvalue weighted by atomic mass is 9.99. The van der Waals surface area contributed by atoms with Crippen molar-refractivity contribution in [2.24, 2.45) is 0 Å². The molecule has 3 aromatic heterocycles. The largest absolute Gasteiger partial charge is 0.454 e. The number of rotatable bonds is 4. The van der Waals surface area contributed by atoms with E-state index in [0.29, 0.717) is 5.82 Å². The van der Waals surface area contributed by atoms with Crippen LogP contribution >= 0.6 is 0 Å². The molecule has 10 aromatic rings. The Morgan fingerprint density at radius 3 is 1.71 bits per heavy atom. The van der Waals surface area contributed by atoms with Gasteiger partial charge in [0.25, 0.3) is 0 Å². The fourth-order valence-corrected chi connectivity index (χ4v) is 7.27. The zero-order valence-corrected chi connectivity index (χ0v) is 25.8. The van der Waals surface area contributed by atoms with Gasteiger partial charge in [0.1, 0.15) is 5.58 Å². The van der Waals surface area contributed by atoms with Gasteiger partial charge in [0.05, 0.1) is 22.4 Å². The summed E-state index contributed by atoms with van der Waals surface area (Å²) in [6.07, 6.45) is 0. The average molecular weight is 614 g/mol. The van der Waals surface area contributed by atoms with E-state index in [1.165, 1.54) is 21.5 Å². The van der Waals surface area contributed by atoms with Crippen LogP contribution in [0.3, 0.4) is 0 Å². The molecule has 0 fully saturated rings. The molecule has 0 aliphatic carbocycles. The van der Waals surface area contributed by atoms with Gasteiger partial charge in [0.15, 0.2) is 11.4 Å². The number of hydrogen-bond donors (Lipinski definition) is 0. The maximum absolute atomic E-state index is 6.76. The van der Waals surface area contributed by atoms with Crippen LogP contribution in [0.5, 0.6) is 0 Å². The fraction of sp³-hybridized carbons (Fsp3) is 0. The highest BCUT2D eigenvalue weighted by atomic mass is 16.3. The lowest BCUT2D eigenvalue weighted by Gasteiger charge is -2.12. The molecular weight excluding hydrogens is 587 g/mol. The standard InChI is InChI=1S/C44H27N3O/c1-3-14-28(15-4-1)36-27-37(29-16-5-2-6-17-29)46-44(45-36)30-18-13-19-31(26-30)47-38-24-11-9-22-34(38)40-32-20-7-8-21-33(32)41-35-23-10-12-25-39(35)48-43(41)42(40)47/h1-27H. The van der Waals surface area contributed by atoms with E-state index < -0.39 is 0 Å². The Labute approximate surface area is 276 Å². The van der Waals surface area contributed by atoms with E-state index in [9.17, 15) is 0 Å². The van der Waals surface area contributed by atoms with Gasteiger partial charge in [-0.2, -0.15) is 0 Å². The molecule has 0 saturated carbocycles. The smallest absolute Gasteiger partial charge is 0.160 e. The first-order chi connectivity index (χ1) is 23.8. The Hall–Kier alpha value is -6.52. The molecule has 0 N–H and O–H groups in total. The van der Waals surface area contributed by atoms with E-state index in [1.54, 1.807) is 0 Å². The van der Waals surface area contributed by atoms with Crippen molar-refractivity contribution in [3.63, 3.8) is 0 Å². The Bertz CT molecular complexity index is 2770. The van der Waals surface area contributed by atoms with Crippen LogP contribution in [-0.2, 0) is 0 Å². The van der Waals surface area contributed by atoms with Crippen LogP contribution in [-0.4, -0.2) is 14.5 Å². The minimum absolute atomic E-state index is 0.678. The first-order valence-electron chi connectivity index (χ1n) is 16.2. The lowest BCUT2D eigenvalue weighted by Crippen LogP contribution is -1.98. The summed E-state index contributed by atoms with van der Waals surface area (Å²) in [7, 11) is 0. The number of para-hydroxylation sites is 2. The summed E-state index contributed by atoms with van der Waals surface area (Å²) >= 11 is 0. The number of nitrogens with zero attached hydrogens (tertiary/aromatic N) is 3. The third-order valence-electron chi connectivity index (χ3n) is 9.38.